The summed E-state index contributed by atoms with van der Waals surface area (Å²) in [6.45, 7) is 4.48. The summed E-state index contributed by atoms with van der Waals surface area (Å²) in [5.41, 5.74) is 8.22. The summed E-state index contributed by atoms with van der Waals surface area (Å²) in [4.78, 5) is 85.0. The van der Waals surface area contributed by atoms with Crippen LogP contribution in [0.2, 0.25) is 0 Å². The van der Waals surface area contributed by atoms with Crippen molar-refractivity contribution in [1.29, 1.82) is 0 Å². The lowest BCUT2D eigenvalue weighted by Crippen LogP contribution is -2.60. The first-order valence-corrected chi connectivity index (χ1v) is 19.7. The van der Waals surface area contributed by atoms with E-state index in [0.717, 1.165) is 0 Å². The summed E-state index contributed by atoms with van der Waals surface area (Å²) in [6.07, 6.45) is 0.760. The first-order valence-electron chi connectivity index (χ1n) is 18.2. The van der Waals surface area contributed by atoms with E-state index in [9.17, 15) is 42.3 Å². The zero-order valence-corrected chi connectivity index (χ0v) is 32.7. The Morgan fingerprint density at radius 2 is 1.66 bits per heavy atom. The van der Waals surface area contributed by atoms with Crippen molar-refractivity contribution in [2.24, 2.45) is 10.7 Å². The highest BCUT2D eigenvalue weighted by molar-refractivity contribution is 7.90. The second-order valence-corrected chi connectivity index (χ2v) is 15.4. The number of fused-ring (bicyclic) bond motifs is 1. The molecular weight excluding hydrogens is 749 g/mol. The van der Waals surface area contributed by atoms with Crippen molar-refractivity contribution in [2.75, 3.05) is 26.7 Å². The quantitative estimate of drug-likeness (QED) is 0.0880. The zero-order chi connectivity index (χ0) is 41.2. The van der Waals surface area contributed by atoms with Gasteiger partial charge in [0.25, 0.3) is 10.0 Å². The number of nitrogens with two attached hydrogens (primary N) is 1. The second-order valence-electron chi connectivity index (χ2n) is 13.8. The number of carbonyl (C=O) groups is 6. The predicted molar refractivity (Wildman–Crippen MR) is 204 cm³/mol. The molecule has 2 aliphatic rings. The van der Waals surface area contributed by atoms with Crippen LogP contribution in [0.1, 0.15) is 60.8 Å². The van der Waals surface area contributed by atoms with Gasteiger partial charge >= 0.3 is 5.97 Å². The molecule has 0 aromatic heterocycles. The van der Waals surface area contributed by atoms with Crippen LogP contribution in [0, 0.1) is 20.8 Å². The van der Waals surface area contributed by atoms with E-state index in [1.165, 1.54) is 12.0 Å². The highest BCUT2D eigenvalue weighted by Gasteiger charge is 2.39. The van der Waals surface area contributed by atoms with Crippen LogP contribution in [0.15, 0.2) is 46.3 Å². The van der Waals surface area contributed by atoms with Crippen LogP contribution >= 0.6 is 0 Å². The molecule has 0 aliphatic carbocycles. The summed E-state index contributed by atoms with van der Waals surface area (Å²) in [5, 5.41) is 19.6. The average molecular weight is 799 g/mol. The molecule has 2 saturated heterocycles. The van der Waals surface area contributed by atoms with Crippen molar-refractivity contribution in [3.63, 3.8) is 0 Å². The van der Waals surface area contributed by atoms with Gasteiger partial charge in [-0.1, -0.05) is 30.3 Å². The van der Waals surface area contributed by atoms with E-state index < -0.39 is 88.6 Å². The maximum absolute atomic E-state index is 14.2. The minimum absolute atomic E-state index is 0.0193. The summed E-state index contributed by atoms with van der Waals surface area (Å²) < 4.78 is 34.2. The number of nitrogens with one attached hydrogen (secondary N) is 5. The van der Waals surface area contributed by atoms with Crippen molar-refractivity contribution in [1.82, 2.24) is 30.9 Å². The number of piperidine rings is 1. The predicted octanol–water partition coefficient (Wildman–Crippen LogP) is -0.324. The van der Waals surface area contributed by atoms with Gasteiger partial charge in [0.05, 0.1) is 25.0 Å². The number of amides is 5. The van der Waals surface area contributed by atoms with E-state index in [2.05, 4.69) is 31.0 Å². The molecule has 0 spiro atoms. The molecular formula is C37H50N8O10S. The molecule has 56 heavy (non-hydrogen) atoms. The van der Waals surface area contributed by atoms with E-state index in [1.807, 2.05) is 0 Å². The molecule has 2 aliphatic heterocycles. The Bertz CT molecular complexity index is 1960. The fourth-order valence-electron chi connectivity index (χ4n) is 6.81. The molecule has 0 bridgehead atoms. The van der Waals surface area contributed by atoms with Gasteiger partial charge in [-0.3, -0.25) is 33.8 Å². The molecule has 2 aromatic carbocycles. The number of guanidine groups is 1. The number of aliphatic imine (C=N–C) groups is 1. The number of sulfonamides is 1. The van der Waals surface area contributed by atoms with Crippen LogP contribution < -0.4 is 36.5 Å². The monoisotopic (exact) mass is 798 g/mol. The van der Waals surface area contributed by atoms with E-state index in [1.54, 1.807) is 57.2 Å². The van der Waals surface area contributed by atoms with Crippen molar-refractivity contribution in [3.05, 3.63) is 58.7 Å². The largest absolute Gasteiger partial charge is 0.496 e. The molecule has 0 radical (unpaired) electrons. The van der Waals surface area contributed by atoms with Crippen LogP contribution in [0.3, 0.4) is 0 Å². The fraction of sp³-hybridized carbons (Fsp3) is 0.486. The smallest absolute Gasteiger partial charge is 0.305 e. The number of nitrogens with zero attached hydrogens (tertiary/aromatic N) is 2. The topological polar surface area (TPSA) is 268 Å². The molecule has 0 saturated carbocycles. The van der Waals surface area contributed by atoms with Crippen LogP contribution in [-0.4, -0.2) is 111 Å². The third-order valence-corrected chi connectivity index (χ3v) is 11.4. The summed E-state index contributed by atoms with van der Waals surface area (Å²) in [7, 11) is -2.65. The number of hydrogen-bond acceptors (Lipinski definition) is 10. The van der Waals surface area contributed by atoms with Gasteiger partial charge in [0.1, 0.15) is 29.9 Å². The van der Waals surface area contributed by atoms with Gasteiger partial charge in [-0.15, -0.1) is 0 Å². The molecule has 2 fully saturated rings. The van der Waals surface area contributed by atoms with Crippen molar-refractivity contribution in [3.8, 4) is 5.75 Å². The van der Waals surface area contributed by atoms with Gasteiger partial charge in [0.2, 0.25) is 35.5 Å². The van der Waals surface area contributed by atoms with Crippen molar-refractivity contribution in [2.45, 2.75) is 94.8 Å². The van der Waals surface area contributed by atoms with E-state index in [-0.39, 0.29) is 43.7 Å². The molecule has 304 valence electrons. The number of benzene rings is 2. The van der Waals surface area contributed by atoms with Crippen molar-refractivity contribution >= 4 is 51.5 Å². The standard InChI is InChI=1S/C37H50N8O10S/c1-21-17-29(55-4)22(2)23(3)32(21)56(53,54)44-37(38)39-15-10-13-25-33(49)40-20-30(46)41-26(19-31(47)48)34(50)43-27(18-24-11-6-5-7-12-24)36(52)45-16-9-8-14-28(45)35(51)42-25/h5-7,11-12,17,25-28H,8-10,13-16,18-20H2,1-4H3,(H,40,49)(H,41,46)(H,42,51)(H,43,50)(H,47,48)(H3,38,39,44)/t25-,26-,27+,28+/m0/s1. The number of methoxy groups -OCH3 is 1. The molecule has 19 heteroatoms. The molecule has 5 amide bonds. The van der Waals surface area contributed by atoms with Gasteiger partial charge in [-0.2, -0.15) is 0 Å². The molecule has 18 nitrogen and oxygen atoms in total. The molecule has 0 unspecified atom stereocenters. The van der Waals surface area contributed by atoms with Gasteiger partial charge in [0.15, 0.2) is 0 Å². The van der Waals surface area contributed by atoms with Gasteiger partial charge < -0.3 is 41.7 Å². The second kappa shape index (κ2) is 19.2. The number of carboxylic acid groups (broad SMARTS) is 1. The van der Waals surface area contributed by atoms with Crippen LogP contribution in [-0.2, 0) is 45.2 Å². The summed E-state index contributed by atoms with van der Waals surface area (Å²) in [6, 6.07) is 5.39. The number of rotatable bonds is 11. The highest BCUT2D eigenvalue weighted by atomic mass is 32.2. The maximum Gasteiger partial charge on any atom is 0.305 e. The lowest BCUT2D eigenvalue weighted by atomic mass is 9.97. The number of aliphatic carboxylic acids is 1. The van der Waals surface area contributed by atoms with E-state index in [4.69, 9.17) is 10.5 Å². The number of carboxylic acids is 1. The average Bonchev–Trinajstić information content (AvgIpc) is 3.15. The van der Waals surface area contributed by atoms with Crippen LogP contribution in [0.25, 0.3) is 0 Å². The highest BCUT2D eigenvalue weighted by Crippen LogP contribution is 2.30. The van der Waals surface area contributed by atoms with Gasteiger partial charge in [-0.05, 0) is 81.2 Å². The van der Waals surface area contributed by atoms with Gasteiger partial charge in [-0.25, -0.2) is 13.1 Å². The van der Waals surface area contributed by atoms with Crippen LogP contribution in [0.5, 0.6) is 5.75 Å². The summed E-state index contributed by atoms with van der Waals surface area (Å²) >= 11 is 0. The normalized spacial score (nSPS) is 21.7. The first kappa shape index (κ1) is 43.0. The third kappa shape index (κ3) is 11.2. The zero-order valence-electron chi connectivity index (χ0n) is 31.8. The Labute approximate surface area is 325 Å². The number of ether oxygens (including phenoxy) is 1. The maximum atomic E-state index is 14.2. The number of carbonyl (C=O) groups excluding carboxylic acids is 5. The Balaban J connectivity index is 1.55. The van der Waals surface area contributed by atoms with Gasteiger partial charge in [0, 0.05) is 19.5 Å². The molecule has 2 heterocycles. The Kier molecular flexibility index (Phi) is 14.8. The molecule has 8 N–H and O–H groups in total. The minimum Gasteiger partial charge on any atom is -0.496 e. The van der Waals surface area contributed by atoms with E-state index >= 15 is 0 Å². The Morgan fingerprint density at radius 1 is 0.964 bits per heavy atom. The first-order chi connectivity index (χ1) is 26.5. The Morgan fingerprint density at radius 3 is 2.34 bits per heavy atom. The third-order valence-electron chi connectivity index (χ3n) is 9.71. The van der Waals surface area contributed by atoms with E-state index in [0.29, 0.717) is 40.8 Å². The minimum atomic E-state index is -4.14. The van der Waals surface area contributed by atoms with Crippen molar-refractivity contribution < 1.29 is 47.0 Å². The Hall–Kier alpha value is -5.72. The SMILES string of the molecule is COc1cc(C)c(S(=O)(=O)NC(N)=NCCC[C@@H]2NC(=O)[C@H]3CCCCN3C(=O)[C@@H](Cc3ccccc3)NC(=O)[C@H](CC(=O)O)NC(=O)CNC2=O)c(C)c1C. The summed E-state index contributed by atoms with van der Waals surface area (Å²) in [5.74, 6) is -5.02. The lowest BCUT2D eigenvalue weighted by molar-refractivity contribution is -0.146. The molecule has 4 rings (SSSR count). The number of aryl methyl sites for hydroxylation is 1. The molecule has 2 aromatic rings. The molecule has 4 atom stereocenters. The lowest BCUT2D eigenvalue weighted by Gasteiger charge is -2.37. The van der Waals surface area contributed by atoms with Crippen LogP contribution in [0.4, 0.5) is 0 Å². The fourth-order valence-corrected chi connectivity index (χ4v) is 8.29. The number of hydrogen-bond donors (Lipinski definition) is 7.